The van der Waals surface area contributed by atoms with E-state index >= 15 is 0 Å². The average molecular weight is 335 g/mol. The molecule has 0 unspecified atom stereocenters. The number of aromatic nitrogens is 4. The van der Waals surface area contributed by atoms with Gasteiger partial charge in [0.15, 0.2) is 0 Å². The van der Waals surface area contributed by atoms with E-state index in [4.69, 9.17) is 16.3 Å². The second-order valence-corrected chi connectivity index (χ2v) is 5.19. The van der Waals surface area contributed by atoms with Crippen LogP contribution in [0.3, 0.4) is 0 Å². The Hall–Kier alpha value is -2.67. The minimum absolute atomic E-state index is 0.00699. The maximum Gasteiger partial charge on any atom is 0.356 e. The van der Waals surface area contributed by atoms with Gasteiger partial charge in [0, 0.05) is 12.6 Å². The number of hydrogen-bond acceptors (Lipinski definition) is 4. The van der Waals surface area contributed by atoms with Crippen LogP contribution in [-0.2, 0) is 18.4 Å². The van der Waals surface area contributed by atoms with E-state index in [9.17, 15) is 9.18 Å². The maximum atomic E-state index is 12.9. The van der Waals surface area contributed by atoms with E-state index in [-0.39, 0.29) is 18.1 Å². The third kappa shape index (κ3) is 3.24. The van der Waals surface area contributed by atoms with Gasteiger partial charge in [0.1, 0.15) is 29.1 Å². The topological polar surface area (TPSA) is 72.8 Å². The summed E-state index contributed by atoms with van der Waals surface area (Å²) in [6.45, 7) is -0.00699. The van der Waals surface area contributed by atoms with Crippen molar-refractivity contribution in [3.63, 3.8) is 0 Å². The molecule has 0 saturated carbocycles. The fourth-order valence-corrected chi connectivity index (χ4v) is 2.11. The van der Waals surface area contributed by atoms with Gasteiger partial charge in [0.25, 0.3) is 0 Å². The predicted molar refractivity (Wildman–Crippen MR) is 81.3 cm³/mol. The van der Waals surface area contributed by atoms with Crippen LogP contribution >= 0.6 is 11.6 Å². The van der Waals surface area contributed by atoms with Gasteiger partial charge in [-0.3, -0.25) is 5.10 Å². The van der Waals surface area contributed by atoms with Gasteiger partial charge in [-0.15, -0.1) is 0 Å². The van der Waals surface area contributed by atoms with E-state index in [0.717, 1.165) is 0 Å². The van der Waals surface area contributed by atoms with Crippen molar-refractivity contribution in [1.29, 1.82) is 0 Å². The SMILES string of the molecule is Cn1c(Cl)cnc1COC(=O)c1cc(-c2ccc(F)cc2)n[nH]1. The number of benzene rings is 1. The first kappa shape index (κ1) is 15.2. The highest BCUT2D eigenvalue weighted by Crippen LogP contribution is 2.18. The summed E-state index contributed by atoms with van der Waals surface area (Å²) in [4.78, 5) is 16.0. The first-order chi connectivity index (χ1) is 11.0. The van der Waals surface area contributed by atoms with E-state index in [1.165, 1.54) is 18.3 Å². The summed E-state index contributed by atoms with van der Waals surface area (Å²) in [6.07, 6.45) is 1.48. The number of ether oxygens (including phenoxy) is 1. The second kappa shape index (κ2) is 6.21. The van der Waals surface area contributed by atoms with E-state index in [2.05, 4.69) is 15.2 Å². The number of carbonyl (C=O) groups excluding carboxylic acids is 1. The Balaban J connectivity index is 1.69. The largest absolute Gasteiger partial charge is 0.453 e. The molecule has 0 aliphatic heterocycles. The number of esters is 1. The second-order valence-electron chi connectivity index (χ2n) is 4.81. The van der Waals surface area contributed by atoms with Gasteiger partial charge < -0.3 is 9.30 Å². The number of carbonyl (C=O) groups is 1. The maximum absolute atomic E-state index is 12.9. The van der Waals surface area contributed by atoms with Gasteiger partial charge in [0.2, 0.25) is 0 Å². The molecule has 0 bridgehead atoms. The first-order valence-electron chi connectivity index (χ1n) is 6.69. The number of hydrogen-bond donors (Lipinski definition) is 1. The molecule has 8 heteroatoms. The minimum Gasteiger partial charge on any atom is -0.453 e. The van der Waals surface area contributed by atoms with Crippen LogP contribution in [0.4, 0.5) is 4.39 Å². The Kier molecular flexibility index (Phi) is 4.12. The van der Waals surface area contributed by atoms with Crippen LogP contribution in [0, 0.1) is 5.82 Å². The minimum atomic E-state index is -0.565. The zero-order valence-corrected chi connectivity index (χ0v) is 12.8. The Labute approximate surface area is 135 Å². The predicted octanol–water partition coefficient (Wildman–Crippen LogP) is 2.96. The smallest absolute Gasteiger partial charge is 0.356 e. The zero-order valence-electron chi connectivity index (χ0n) is 12.1. The van der Waals surface area contributed by atoms with Crippen LogP contribution in [0.5, 0.6) is 0 Å². The van der Waals surface area contributed by atoms with Crippen LogP contribution in [0.2, 0.25) is 5.15 Å². The van der Waals surface area contributed by atoms with Crippen LogP contribution in [0.1, 0.15) is 16.3 Å². The molecule has 0 fully saturated rings. The number of imidazole rings is 1. The van der Waals surface area contributed by atoms with Crippen molar-refractivity contribution >= 4 is 17.6 Å². The number of halogens is 2. The third-order valence-electron chi connectivity index (χ3n) is 3.30. The zero-order chi connectivity index (χ0) is 16.4. The molecule has 2 aromatic heterocycles. The van der Waals surface area contributed by atoms with Crippen molar-refractivity contribution in [3.8, 4) is 11.3 Å². The Morgan fingerprint density at radius 1 is 1.39 bits per heavy atom. The molecular formula is C15H12ClFN4O2. The summed E-state index contributed by atoms with van der Waals surface area (Å²) in [7, 11) is 1.72. The third-order valence-corrected chi connectivity index (χ3v) is 3.65. The van der Waals surface area contributed by atoms with Crippen molar-refractivity contribution in [2.45, 2.75) is 6.61 Å². The van der Waals surface area contributed by atoms with Crippen molar-refractivity contribution < 1.29 is 13.9 Å². The fraction of sp³-hybridized carbons (Fsp3) is 0.133. The Morgan fingerprint density at radius 3 is 2.78 bits per heavy atom. The molecule has 0 saturated heterocycles. The van der Waals surface area contributed by atoms with Gasteiger partial charge in [-0.25, -0.2) is 14.2 Å². The van der Waals surface area contributed by atoms with Crippen LogP contribution in [0.25, 0.3) is 11.3 Å². The lowest BCUT2D eigenvalue weighted by Crippen LogP contribution is -2.08. The molecule has 0 aliphatic carbocycles. The summed E-state index contributed by atoms with van der Waals surface area (Å²) in [5.74, 6) is -0.371. The highest BCUT2D eigenvalue weighted by atomic mass is 35.5. The summed E-state index contributed by atoms with van der Waals surface area (Å²) >= 11 is 5.86. The molecule has 3 rings (SSSR count). The average Bonchev–Trinajstić information content (AvgIpc) is 3.15. The van der Waals surface area contributed by atoms with Gasteiger partial charge in [-0.2, -0.15) is 5.10 Å². The Bertz CT molecular complexity index is 842. The van der Waals surface area contributed by atoms with Crippen LogP contribution < -0.4 is 0 Å². The standard InChI is InChI=1S/C15H12ClFN4O2/c1-21-13(16)7-18-14(21)8-23-15(22)12-6-11(19-20-12)9-2-4-10(17)5-3-9/h2-7H,8H2,1H3,(H,19,20). The van der Waals surface area contributed by atoms with Crippen LogP contribution in [0.15, 0.2) is 36.5 Å². The normalized spacial score (nSPS) is 10.7. The number of nitrogens with one attached hydrogen (secondary N) is 1. The van der Waals surface area contributed by atoms with Gasteiger partial charge >= 0.3 is 5.97 Å². The molecule has 6 nitrogen and oxygen atoms in total. The van der Waals surface area contributed by atoms with Crippen molar-refractivity contribution in [1.82, 2.24) is 19.7 Å². The molecule has 0 spiro atoms. The quantitative estimate of drug-likeness (QED) is 0.744. The van der Waals surface area contributed by atoms with Gasteiger partial charge in [-0.05, 0) is 30.3 Å². The number of rotatable bonds is 4. The molecule has 3 aromatic rings. The van der Waals surface area contributed by atoms with E-state index in [1.807, 2.05) is 0 Å². The van der Waals surface area contributed by atoms with Crippen LogP contribution in [-0.4, -0.2) is 25.7 Å². The molecular weight excluding hydrogens is 323 g/mol. The first-order valence-corrected chi connectivity index (χ1v) is 7.07. The molecule has 1 N–H and O–H groups in total. The molecule has 0 aliphatic rings. The molecule has 23 heavy (non-hydrogen) atoms. The lowest BCUT2D eigenvalue weighted by Gasteiger charge is -2.03. The van der Waals surface area contributed by atoms with Gasteiger partial charge in [-0.1, -0.05) is 11.6 Å². The number of H-pyrrole nitrogens is 1. The molecule has 0 atom stereocenters. The summed E-state index contributed by atoms with van der Waals surface area (Å²) < 4.78 is 19.7. The van der Waals surface area contributed by atoms with Crippen molar-refractivity contribution in [3.05, 3.63) is 59.0 Å². The van der Waals surface area contributed by atoms with E-state index in [0.29, 0.717) is 22.2 Å². The molecule has 2 heterocycles. The molecule has 0 amide bonds. The van der Waals surface area contributed by atoms with E-state index < -0.39 is 5.97 Å². The van der Waals surface area contributed by atoms with Gasteiger partial charge in [0.05, 0.1) is 11.9 Å². The Morgan fingerprint density at radius 2 is 2.13 bits per heavy atom. The van der Waals surface area contributed by atoms with E-state index in [1.54, 1.807) is 29.8 Å². The fourth-order valence-electron chi connectivity index (χ4n) is 1.96. The number of nitrogens with zero attached hydrogens (tertiary/aromatic N) is 3. The van der Waals surface area contributed by atoms with Crippen molar-refractivity contribution in [2.24, 2.45) is 7.05 Å². The summed E-state index contributed by atoms with van der Waals surface area (Å²) in [6, 6.07) is 7.35. The molecule has 0 radical (unpaired) electrons. The van der Waals surface area contributed by atoms with Crippen molar-refractivity contribution in [2.75, 3.05) is 0 Å². The molecule has 1 aromatic carbocycles. The highest BCUT2D eigenvalue weighted by Gasteiger charge is 2.14. The summed E-state index contributed by atoms with van der Waals surface area (Å²) in [5, 5.41) is 7.08. The molecule has 118 valence electrons. The number of aromatic amines is 1. The highest BCUT2D eigenvalue weighted by molar-refractivity contribution is 6.29. The summed E-state index contributed by atoms with van der Waals surface area (Å²) in [5.41, 5.74) is 1.42. The lowest BCUT2D eigenvalue weighted by atomic mass is 10.1. The lowest BCUT2D eigenvalue weighted by molar-refractivity contribution is 0.0452. The monoisotopic (exact) mass is 334 g/mol.